The van der Waals surface area contributed by atoms with E-state index < -0.39 is 5.97 Å². The normalized spacial score (nSPS) is 17.9. The number of nitrogen functional groups attached to an aromatic ring is 1. The Labute approximate surface area is 110 Å². The molecule has 0 aliphatic carbocycles. The predicted molar refractivity (Wildman–Crippen MR) is 69.6 cm³/mol. The molecular formula is C12H16N4O3. The van der Waals surface area contributed by atoms with Gasteiger partial charge in [-0.3, -0.25) is 4.79 Å². The summed E-state index contributed by atoms with van der Waals surface area (Å²) in [6.07, 6.45) is 2.80. The van der Waals surface area contributed by atoms with Crippen molar-refractivity contribution in [2.24, 2.45) is 0 Å². The first-order chi connectivity index (χ1) is 9.11. The second-order valence-electron chi connectivity index (χ2n) is 4.30. The highest BCUT2D eigenvalue weighted by Crippen LogP contribution is 2.21. The van der Waals surface area contributed by atoms with Crippen LogP contribution in [0.2, 0.25) is 0 Å². The third-order valence-electron chi connectivity index (χ3n) is 3.00. The van der Waals surface area contributed by atoms with Gasteiger partial charge in [-0.25, -0.2) is 9.78 Å². The van der Waals surface area contributed by atoms with Gasteiger partial charge in [0.25, 0.3) is 0 Å². The number of nitrogens with one attached hydrogen (secondary N) is 2. The largest absolute Gasteiger partial charge is 0.465 e. The summed E-state index contributed by atoms with van der Waals surface area (Å²) in [6, 6.07) is 1.57. The molecule has 7 heteroatoms. The quantitative estimate of drug-likeness (QED) is 0.668. The SMILES string of the molecule is COC(=O)c1ccnc(NCC2CCC(=O)N2)c1N. The lowest BCUT2D eigenvalue weighted by Crippen LogP contribution is -2.32. The molecule has 0 aromatic carbocycles. The van der Waals surface area contributed by atoms with Crippen LogP contribution in [-0.4, -0.2) is 36.6 Å². The predicted octanol–water partition coefficient (Wildman–Crippen LogP) is 0.141. The fourth-order valence-electron chi connectivity index (χ4n) is 1.95. The zero-order valence-corrected chi connectivity index (χ0v) is 10.6. The van der Waals surface area contributed by atoms with Crippen molar-refractivity contribution in [2.75, 3.05) is 24.7 Å². The highest BCUT2D eigenvalue weighted by Gasteiger charge is 2.21. The van der Waals surface area contributed by atoms with E-state index in [1.54, 1.807) is 0 Å². The molecule has 1 atom stereocenters. The van der Waals surface area contributed by atoms with Crippen LogP contribution in [0.25, 0.3) is 0 Å². The fraction of sp³-hybridized carbons (Fsp3) is 0.417. The monoisotopic (exact) mass is 264 g/mol. The molecule has 0 radical (unpaired) electrons. The van der Waals surface area contributed by atoms with Gasteiger partial charge in [0.05, 0.1) is 18.4 Å². The van der Waals surface area contributed by atoms with Crippen LogP contribution in [0, 0.1) is 0 Å². The summed E-state index contributed by atoms with van der Waals surface area (Å²) in [6.45, 7) is 0.521. The van der Waals surface area contributed by atoms with E-state index in [2.05, 4.69) is 20.4 Å². The molecule has 1 aliphatic rings. The molecule has 102 valence electrons. The molecule has 1 amide bonds. The molecule has 19 heavy (non-hydrogen) atoms. The number of hydrogen-bond donors (Lipinski definition) is 3. The topological polar surface area (TPSA) is 106 Å². The average molecular weight is 264 g/mol. The van der Waals surface area contributed by atoms with Gasteiger partial charge in [0.1, 0.15) is 5.82 Å². The molecule has 0 saturated carbocycles. The molecule has 1 saturated heterocycles. The molecule has 1 aliphatic heterocycles. The lowest BCUT2D eigenvalue weighted by molar-refractivity contribution is -0.119. The molecule has 1 unspecified atom stereocenters. The third kappa shape index (κ3) is 2.93. The number of anilines is 2. The first-order valence-corrected chi connectivity index (χ1v) is 5.98. The molecule has 2 heterocycles. The van der Waals surface area contributed by atoms with Crippen molar-refractivity contribution in [1.82, 2.24) is 10.3 Å². The van der Waals surface area contributed by atoms with Gasteiger partial charge in [-0.2, -0.15) is 0 Å². The van der Waals surface area contributed by atoms with E-state index in [4.69, 9.17) is 5.73 Å². The van der Waals surface area contributed by atoms with Crippen molar-refractivity contribution in [3.8, 4) is 0 Å². The maximum absolute atomic E-state index is 11.5. The summed E-state index contributed by atoms with van der Waals surface area (Å²) in [5.41, 5.74) is 6.38. The second kappa shape index (κ2) is 5.55. The molecule has 1 fully saturated rings. The van der Waals surface area contributed by atoms with Gasteiger partial charge in [-0.05, 0) is 12.5 Å². The number of methoxy groups -OCH3 is 1. The van der Waals surface area contributed by atoms with Crippen LogP contribution in [0.5, 0.6) is 0 Å². The van der Waals surface area contributed by atoms with Gasteiger partial charge in [0.2, 0.25) is 5.91 Å². The van der Waals surface area contributed by atoms with Crippen LogP contribution in [-0.2, 0) is 9.53 Å². The number of ether oxygens (including phenoxy) is 1. The Kier molecular flexibility index (Phi) is 3.84. The number of nitrogens with two attached hydrogens (primary N) is 1. The lowest BCUT2D eigenvalue weighted by atomic mass is 10.2. The van der Waals surface area contributed by atoms with E-state index >= 15 is 0 Å². The van der Waals surface area contributed by atoms with E-state index in [0.717, 1.165) is 6.42 Å². The molecule has 7 nitrogen and oxygen atoms in total. The Morgan fingerprint density at radius 1 is 1.68 bits per heavy atom. The minimum absolute atomic E-state index is 0.0519. The molecule has 0 bridgehead atoms. The number of rotatable bonds is 4. The number of nitrogens with zero attached hydrogens (tertiary/aromatic N) is 1. The zero-order valence-electron chi connectivity index (χ0n) is 10.6. The van der Waals surface area contributed by atoms with Crippen LogP contribution < -0.4 is 16.4 Å². The Morgan fingerprint density at radius 3 is 3.11 bits per heavy atom. The van der Waals surface area contributed by atoms with Gasteiger partial charge in [0.15, 0.2) is 0 Å². The van der Waals surface area contributed by atoms with Crippen molar-refractivity contribution in [2.45, 2.75) is 18.9 Å². The molecule has 0 spiro atoms. The maximum Gasteiger partial charge on any atom is 0.340 e. The zero-order chi connectivity index (χ0) is 13.8. The fourth-order valence-corrected chi connectivity index (χ4v) is 1.95. The summed E-state index contributed by atoms with van der Waals surface area (Å²) in [4.78, 5) is 26.6. The number of aromatic nitrogens is 1. The maximum atomic E-state index is 11.5. The number of carbonyl (C=O) groups is 2. The van der Waals surface area contributed by atoms with Crippen LogP contribution in [0.3, 0.4) is 0 Å². The molecule has 2 rings (SSSR count). The van der Waals surface area contributed by atoms with Gasteiger partial charge < -0.3 is 21.1 Å². The highest BCUT2D eigenvalue weighted by molar-refractivity contribution is 5.97. The lowest BCUT2D eigenvalue weighted by Gasteiger charge is -2.14. The van der Waals surface area contributed by atoms with E-state index in [0.29, 0.717) is 18.8 Å². The van der Waals surface area contributed by atoms with Crippen LogP contribution in [0.4, 0.5) is 11.5 Å². The number of esters is 1. The van der Waals surface area contributed by atoms with Crippen molar-refractivity contribution in [3.63, 3.8) is 0 Å². The Balaban J connectivity index is 2.04. The minimum atomic E-state index is -0.503. The molecule has 1 aromatic heterocycles. The number of pyridine rings is 1. The number of amides is 1. The highest BCUT2D eigenvalue weighted by atomic mass is 16.5. The van der Waals surface area contributed by atoms with E-state index in [9.17, 15) is 9.59 Å². The van der Waals surface area contributed by atoms with Crippen molar-refractivity contribution in [3.05, 3.63) is 17.8 Å². The third-order valence-corrected chi connectivity index (χ3v) is 3.00. The van der Waals surface area contributed by atoms with Crippen molar-refractivity contribution < 1.29 is 14.3 Å². The first kappa shape index (κ1) is 13.1. The molecular weight excluding hydrogens is 248 g/mol. The Bertz CT molecular complexity index is 504. The number of carbonyl (C=O) groups excluding carboxylic acids is 2. The minimum Gasteiger partial charge on any atom is -0.465 e. The summed E-state index contributed by atoms with van der Waals surface area (Å²) in [5, 5.41) is 5.87. The van der Waals surface area contributed by atoms with Crippen LogP contribution in [0.15, 0.2) is 12.3 Å². The Hall–Kier alpha value is -2.31. The smallest absolute Gasteiger partial charge is 0.340 e. The van der Waals surface area contributed by atoms with Gasteiger partial charge in [-0.1, -0.05) is 0 Å². The van der Waals surface area contributed by atoms with E-state index in [1.165, 1.54) is 19.4 Å². The van der Waals surface area contributed by atoms with Crippen LogP contribution >= 0.6 is 0 Å². The van der Waals surface area contributed by atoms with Gasteiger partial charge in [0, 0.05) is 25.2 Å². The average Bonchev–Trinajstić information content (AvgIpc) is 2.82. The van der Waals surface area contributed by atoms with E-state index in [-0.39, 0.29) is 23.2 Å². The number of hydrogen-bond acceptors (Lipinski definition) is 6. The van der Waals surface area contributed by atoms with Crippen molar-refractivity contribution in [1.29, 1.82) is 0 Å². The summed E-state index contributed by atoms with van der Waals surface area (Å²) in [5.74, 6) is -0.0304. The van der Waals surface area contributed by atoms with Crippen molar-refractivity contribution >= 4 is 23.4 Å². The summed E-state index contributed by atoms with van der Waals surface area (Å²) >= 11 is 0. The summed E-state index contributed by atoms with van der Waals surface area (Å²) < 4.78 is 4.63. The first-order valence-electron chi connectivity index (χ1n) is 5.98. The van der Waals surface area contributed by atoms with E-state index in [1.807, 2.05) is 0 Å². The molecule has 1 aromatic rings. The Morgan fingerprint density at radius 2 is 2.47 bits per heavy atom. The van der Waals surface area contributed by atoms with Gasteiger partial charge in [-0.15, -0.1) is 0 Å². The molecule has 4 N–H and O–H groups in total. The summed E-state index contributed by atoms with van der Waals surface area (Å²) in [7, 11) is 1.30. The van der Waals surface area contributed by atoms with Gasteiger partial charge >= 0.3 is 5.97 Å². The van der Waals surface area contributed by atoms with Crippen LogP contribution in [0.1, 0.15) is 23.2 Å². The standard InChI is InChI=1S/C12H16N4O3/c1-19-12(18)8-4-5-14-11(10(8)13)15-6-7-2-3-9(17)16-7/h4-5,7H,2-3,6,13H2,1H3,(H,14,15)(H,16,17). The second-order valence-corrected chi connectivity index (χ2v) is 4.30.